The van der Waals surface area contributed by atoms with Crippen molar-refractivity contribution in [1.82, 2.24) is 25.4 Å². The van der Waals surface area contributed by atoms with Gasteiger partial charge in [-0.2, -0.15) is 5.10 Å². The predicted octanol–water partition coefficient (Wildman–Crippen LogP) is 1.88. The summed E-state index contributed by atoms with van der Waals surface area (Å²) in [5, 5.41) is 19.2. The summed E-state index contributed by atoms with van der Waals surface area (Å²) < 4.78 is 1.35. The number of carboxylic acid groups (broad SMARTS) is 1. The van der Waals surface area contributed by atoms with Crippen LogP contribution in [0.15, 0.2) is 53.6 Å². The fourth-order valence-electron chi connectivity index (χ4n) is 3.40. The van der Waals surface area contributed by atoms with Gasteiger partial charge in [-0.3, -0.25) is 19.4 Å². The van der Waals surface area contributed by atoms with Crippen LogP contribution in [0.1, 0.15) is 27.9 Å². The highest BCUT2D eigenvalue weighted by Gasteiger charge is 2.14. The molecular formula is C24H26ClN5O4. The molecular weight excluding hydrogens is 458 g/mol. The Kier molecular flexibility index (Phi) is 8.89. The highest BCUT2D eigenvalue weighted by Crippen LogP contribution is 2.16. The molecule has 9 nitrogen and oxygen atoms in total. The first kappa shape index (κ1) is 25.1. The van der Waals surface area contributed by atoms with Crippen molar-refractivity contribution in [3.63, 3.8) is 0 Å². The molecule has 0 aliphatic heterocycles. The molecule has 1 amide bonds. The topological polar surface area (TPSA) is 126 Å². The smallest absolute Gasteiger partial charge is 0.317 e. The summed E-state index contributed by atoms with van der Waals surface area (Å²) in [6.45, 7) is 2.45. The number of nitrogens with one attached hydrogen (secondary N) is 2. The molecule has 2 heterocycles. The molecule has 0 unspecified atom stereocenters. The number of pyridine rings is 1. The maximum atomic E-state index is 12.9. The van der Waals surface area contributed by atoms with E-state index in [1.807, 2.05) is 18.2 Å². The lowest BCUT2D eigenvalue weighted by molar-refractivity contribution is -0.136. The Morgan fingerprint density at radius 3 is 2.71 bits per heavy atom. The first-order chi connectivity index (χ1) is 16.3. The third-order valence-corrected chi connectivity index (χ3v) is 5.47. The molecule has 178 valence electrons. The van der Waals surface area contributed by atoms with Crippen molar-refractivity contribution in [3.8, 4) is 0 Å². The number of carbonyl (C=O) groups excluding carboxylic acids is 1. The van der Waals surface area contributed by atoms with Gasteiger partial charge in [-0.15, -0.1) is 0 Å². The summed E-state index contributed by atoms with van der Waals surface area (Å²) in [5.74, 6) is -1.27. The van der Waals surface area contributed by atoms with Crippen LogP contribution in [0.25, 0.3) is 0 Å². The van der Waals surface area contributed by atoms with Gasteiger partial charge in [-0.1, -0.05) is 23.7 Å². The number of nitrogens with zero attached hydrogens (tertiary/aromatic N) is 3. The van der Waals surface area contributed by atoms with Crippen LogP contribution in [0, 0.1) is 6.92 Å². The van der Waals surface area contributed by atoms with Crippen LogP contribution in [0.2, 0.25) is 5.02 Å². The Morgan fingerprint density at radius 1 is 1.15 bits per heavy atom. The lowest BCUT2D eigenvalue weighted by Gasteiger charge is -2.13. The number of halogens is 1. The zero-order valence-corrected chi connectivity index (χ0v) is 19.5. The molecule has 2 aromatic heterocycles. The zero-order valence-electron chi connectivity index (χ0n) is 18.8. The Balaban J connectivity index is 1.64. The molecule has 34 heavy (non-hydrogen) atoms. The number of benzene rings is 1. The first-order valence-electron chi connectivity index (χ1n) is 10.8. The largest absolute Gasteiger partial charge is 0.480 e. The van der Waals surface area contributed by atoms with Gasteiger partial charge in [0.25, 0.3) is 5.56 Å². The van der Waals surface area contributed by atoms with Crippen LogP contribution in [0.5, 0.6) is 0 Å². The number of hydrogen-bond acceptors (Lipinski definition) is 6. The minimum absolute atomic E-state index is 0.0794. The highest BCUT2D eigenvalue weighted by molar-refractivity contribution is 6.30. The van der Waals surface area contributed by atoms with Gasteiger partial charge in [0.15, 0.2) is 0 Å². The summed E-state index contributed by atoms with van der Waals surface area (Å²) in [6.07, 6.45) is 3.76. The lowest BCUT2D eigenvalue weighted by Crippen LogP contribution is -2.33. The van der Waals surface area contributed by atoms with Crippen molar-refractivity contribution in [1.29, 1.82) is 0 Å². The van der Waals surface area contributed by atoms with Crippen LogP contribution < -0.4 is 16.2 Å². The average Bonchev–Trinajstić information content (AvgIpc) is 2.81. The first-order valence-corrected chi connectivity index (χ1v) is 11.1. The minimum Gasteiger partial charge on any atom is -0.480 e. The number of rotatable bonds is 11. The van der Waals surface area contributed by atoms with E-state index in [-0.39, 0.29) is 31.0 Å². The average molecular weight is 484 g/mol. The SMILES string of the molecule is Cc1cnn(CCc2ccccn2)c(=O)c1CC(=O)NCc1cc(Cl)ccc1CNCC(=O)O. The van der Waals surface area contributed by atoms with Gasteiger partial charge in [0.1, 0.15) is 0 Å². The summed E-state index contributed by atoms with van der Waals surface area (Å²) in [4.78, 5) is 40.6. The molecule has 0 fully saturated rings. The van der Waals surface area contributed by atoms with E-state index >= 15 is 0 Å². The van der Waals surface area contributed by atoms with Crippen molar-refractivity contribution < 1.29 is 14.7 Å². The molecule has 0 atom stereocenters. The van der Waals surface area contributed by atoms with Crippen molar-refractivity contribution >= 4 is 23.5 Å². The maximum absolute atomic E-state index is 12.9. The number of aromatic nitrogens is 3. The third kappa shape index (κ3) is 7.23. The molecule has 3 rings (SSSR count). The fourth-order valence-corrected chi connectivity index (χ4v) is 3.60. The predicted molar refractivity (Wildman–Crippen MR) is 128 cm³/mol. The number of amides is 1. The highest BCUT2D eigenvalue weighted by atomic mass is 35.5. The van der Waals surface area contributed by atoms with Crippen molar-refractivity contribution in [2.24, 2.45) is 0 Å². The maximum Gasteiger partial charge on any atom is 0.317 e. The van der Waals surface area contributed by atoms with Gasteiger partial charge in [-0.25, -0.2) is 4.68 Å². The summed E-state index contributed by atoms with van der Waals surface area (Å²) >= 11 is 6.10. The van der Waals surface area contributed by atoms with Gasteiger partial charge in [0.05, 0.1) is 25.7 Å². The van der Waals surface area contributed by atoms with Crippen molar-refractivity contribution in [2.45, 2.75) is 39.4 Å². The van der Waals surface area contributed by atoms with Gasteiger partial charge in [0.2, 0.25) is 5.91 Å². The van der Waals surface area contributed by atoms with Crippen LogP contribution >= 0.6 is 11.6 Å². The van der Waals surface area contributed by atoms with E-state index in [1.54, 1.807) is 37.5 Å². The summed E-state index contributed by atoms with van der Waals surface area (Å²) in [6, 6.07) is 10.8. The lowest BCUT2D eigenvalue weighted by atomic mass is 10.1. The molecule has 10 heteroatoms. The van der Waals surface area contributed by atoms with E-state index < -0.39 is 5.97 Å². The second-order valence-corrected chi connectivity index (χ2v) is 8.21. The van der Waals surface area contributed by atoms with E-state index in [4.69, 9.17) is 16.7 Å². The monoisotopic (exact) mass is 483 g/mol. The number of aryl methyl sites for hydroxylation is 3. The molecule has 1 aromatic carbocycles. The van der Waals surface area contributed by atoms with Crippen LogP contribution in [0.4, 0.5) is 0 Å². The van der Waals surface area contributed by atoms with Crippen molar-refractivity contribution in [2.75, 3.05) is 6.54 Å². The Bertz CT molecular complexity index is 1210. The van der Waals surface area contributed by atoms with Crippen molar-refractivity contribution in [3.05, 3.63) is 92.1 Å². The molecule has 0 saturated carbocycles. The number of aliphatic carboxylic acids is 1. The standard InChI is InChI=1S/C24H26ClN5O4/c1-16-12-29-30(9-7-20-4-2-3-8-27-20)24(34)21(16)11-22(31)28-14-18-10-19(25)6-5-17(18)13-26-15-23(32)33/h2-6,8,10,12,26H,7,9,11,13-15H2,1H3,(H,28,31)(H,32,33). The third-order valence-electron chi connectivity index (χ3n) is 5.24. The van der Waals surface area contributed by atoms with Crippen LogP contribution in [-0.4, -0.2) is 38.3 Å². The Morgan fingerprint density at radius 2 is 1.97 bits per heavy atom. The molecule has 0 radical (unpaired) electrons. The van der Waals surface area contributed by atoms with E-state index in [1.165, 1.54) is 4.68 Å². The molecule has 0 saturated heterocycles. The second kappa shape index (κ2) is 12.1. The number of hydrogen-bond donors (Lipinski definition) is 3. The van der Waals surface area contributed by atoms with Gasteiger partial charge < -0.3 is 15.7 Å². The molecule has 3 N–H and O–H groups in total. The summed E-state index contributed by atoms with van der Waals surface area (Å²) in [7, 11) is 0. The number of carboxylic acids is 1. The summed E-state index contributed by atoms with van der Waals surface area (Å²) in [5.41, 5.74) is 3.18. The zero-order chi connectivity index (χ0) is 24.5. The van der Waals surface area contributed by atoms with Gasteiger partial charge >= 0.3 is 5.97 Å². The van der Waals surface area contributed by atoms with E-state index in [2.05, 4.69) is 20.7 Å². The fraction of sp³-hybridized carbons (Fsp3) is 0.292. The van der Waals surface area contributed by atoms with E-state index in [9.17, 15) is 14.4 Å². The minimum atomic E-state index is -0.956. The molecule has 0 aliphatic carbocycles. The molecule has 0 bridgehead atoms. The van der Waals surface area contributed by atoms with Crippen LogP contribution in [-0.2, 0) is 42.1 Å². The second-order valence-electron chi connectivity index (χ2n) is 7.77. The van der Waals surface area contributed by atoms with E-state index in [0.717, 1.165) is 16.8 Å². The van der Waals surface area contributed by atoms with E-state index in [0.29, 0.717) is 35.7 Å². The normalized spacial score (nSPS) is 10.8. The Hall–Kier alpha value is -3.56. The molecule has 0 aliphatic rings. The van der Waals surface area contributed by atoms with Gasteiger partial charge in [0, 0.05) is 42.0 Å². The molecule has 0 spiro atoms. The number of carbonyl (C=O) groups is 2. The van der Waals surface area contributed by atoms with Gasteiger partial charge in [-0.05, 0) is 47.9 Å². The molecule has 3 aromatic rings. The van der Waals surface area contributed by atoms with Crippen LogP contribution in [0.3, 0.4) is 0 Å². The quantitative estimate of drug-likeness (QED) is 0.380. The Labute approximate surface area is 201 Å².